The van der Waals surface area contributed by atoms with Gasteiger partial charge in [-0.3, -0.25) is 14.3 Å². The summed E-state index contributed by atoms with van der Waals surface area (Å²) >= 11 is 7.72. The SMILES string of the molecule is CSCC[C@H](NC(=O)c1ccccc1Cl)C(=O)NCCCn1nc(C)cc1C. The van der Waals surface area contributed by atoms with Crippen molar-refractivity contribution in [3.63, 3.8) is 0 Å². The molecule has 2 rings (SSSR count). The second kappa shape index (κ2) is 11.1. The normalized spacial score (nSPS) is 11.9. The number of carbonyl (C=O) groups is 2. The van der Waals surface area contributed by atoms with Crippen LogP contribution in [0.5, 0.6) is 0 Å². The minimum atomic E-state index is -0.593. The van der Waals surface area contributed by atoms with Crippen molar-refractivity contribution in [2.24, 2.45) is 0 Å². The molecule has 0 bridgehead atoms. The van der Waals surface area contributed by atoms with Gasteiger partial charge in [-0.25, -0.2) is 0 Å². The van der Waals surface area contributed by atoms with E-state index >= 15 is 0 Å². The van der Waals surface area contributed by atoms with Gasteiger partial charge in [0.15, 0.2) is 0 Å². The van der Waals surface area contributed by atoms with Gasteiger partial charge in [0, 0.05) is 18.8 Å². The number of aromatic nitrogens is 2. The van der Waals surface area contributed by atoms with Crippen LogP contribution in [0.3, 0.4) is 0 Å². The molecule has 1 atom stereocenters. The van der Waals surface area contributed by atoms with Gasteiger partial charge in [-0.1, -0.05) is 23.7 Å². The maximum Gasteiger partial charge on any atom is 0.253 e. The molecule has 2 N–H and O–H groups in total. The molecule has 1 aromatic carbocycles. The molecule has 152 valence electrons. The Balaban J connectivity index is 1.88. The number of thioether (sulfide) groups is 1. The van der Waals surface area contributed by atoms with E-state index in [1.54, 1.807) is 36.0 Å². The molecule has 2 amide bonds. The second-order valence-corrected chi connectivity index (χ2v) is 7.97. The van der Waals surface area contributed by atoms with Gasteiger partial charge in [-0.05, 0) is 56.9 Å². The van der Waals surface area contributed by atoms with Crippen LogP contribution in [-0.2, 0) is 11.3 Å². The number of carbonyl (C=O) groups excluding carboxylic acids is 2. The summed E-state index contributed by atoms with van der Waals surface area (Å²) < 4.78 is 1.94. The Morgan fingerprint density at radius 3 is 2.68 bits per heavy atom. The third kappa shape index (κ3) is 6.56. The molecule has 2 aromatic rings. The first-order chi connectivity index (χ1) is 13.4. The second-order valence-electron chi connectivity index (χ2n) is 6.58. The molecular formula is C20H27ClN4O2S. The minimum Gasteiger partial charge on any atom is -0.354 e. The molecular weight excluding hydrogens is 396 g/mol. The van der Waals surface area contributed by atoms with E-state index in [2.05, 4.69) is 15.7 Å². The summed E-state index contributed by atoms with van der Waals surface area (Å²) in [6, 6.07) is 8.25. The van der Waals surface area contributed by atoms with Crippen molar-refractivity contribution in [3.05, 3.63) is 52.3 Å². The maximum absolute atomic E-state index is 12.6. The zero-order valence-corrected chi connectivity index (χ0v) is 18.1. The zero-order valence-electron chi connectivity index (χ0n) is 16.5. The van der Waals surface area contributed by atoms with Gasteiger partial charge >= 0.3 is 0 Å². The Morgan fingerprint density at radius 1 is 1.29 bits per heavy atom. The lowest BCUT2D eigenvalue weighted by molar-refractivity contribution is -0.123. The highest BCUT2D eigenvalue weighted by molar-refractivity contribution is 7.98. The summed E-state index contributed by atoms with van der Waals surface area (Å²) in [6.45, 7) is 5.24. The van der Waals surface area contributed by atoms with Gasteiger partial charge in [0.05, 0.1) is 16.3 Å². The lowest BCUT2D eigenvalue weighted by Crippen LogP contribution is -2.47. The van der Waals surface area contributed by atoms with Crippen LogP contribution < -0.4 is 10.6 Å². The summed E-state index contributed by atoms with van der Waals surface area (Å²) in [5.41, 5.74) is 2.46. The van der Waals surface area contributed by atoms with Crippen molar-refractivity contribution < 1.29 is 9.59 Å². The topological polar surface area (TPSA) is 76.0 Å². The lowest BCUT2D eigenvalue weighted by atomic mass is 10.1. The molecule has 0 radical (unpaired) electrons. The van der Waals surface area contributed by atoms with Crippen molar-refractivity contribution >= 4 is 35.2 Å². The fourth-order valence-electron chi connectivity index (χ4n) is 2.85. The van der Waals surface area contributed by atoms with Crippen molar-refractivity contribution in [1.82, 2.24) is 20.4 Å². The van der Waals surface area contributed by atoms with Crippen LogP contribution in [0.4, 0.5) is 0 Å². The Bertz CT molecular complexity index is 809. The third-order valence-electron chi connectivity index (χ3n) is 4.30. The van der Waals surface area contributed by atoms with Gasteiger partial charge in [0.25, 0.3) is 5.91 Å². The molecule has 0 spiro atoms. The Kier molecular flexibility index (Phi) is 8.86. The number of rotatable bonds is 10. The largest absolute Gasteiger partial charge is 0.354 e. The number of nitrogens with zero attached hydrogens (tertiary/aromatic N) is 2. The van der Waals surface area contributed by atoms with Gasteiger partial charge in [0.1, 0.15) is 6.04 Å². The summed E-state index contributed by atoms with van der Waals surface area (Å²) in [5, 5.41) is 10.5. The predicted octanol–water partition coefficient (Wildman–Crippen LogP) is 3.21. The van der Waals surface area contributed by atoms with Crippen LogP contribution in [0, 0.1) is 13.8 Å². The van der Waals surface area contributed by atoms with Gasteiger partial charge in [-0.2, -0.15) is 16.9 Å². The van der Waals surface area contributed by atoms with Crippen molar-refractivity contribution in [3.8, 4) is 0 Å². The Hall–Kier alpha value is -1.99. The van der Waals surface area contributed by atoms with E-state index in [1.807, 2.05) is 30.9 Å². The first-order valence-corrected chi connectivity index (χ1v) is 11.0. The Labute approximate surface area is 175 Å². The number of halogens is 1. The van der Waals surface area contributed by atoms with Gasteiger partial charge < -0.3 is 10.6 Å². The number of amides is 2. The molecule has 0 aliphatic rings. The van der Waals surface area contributed by atoms with Gasteiger partial charge in [-0.15, -0.1) is 0 Å². The highest BCUT2D eigenvalue weighted by Gasteiger charge is 2.21. The number of nitrogens with one attached hydrogen (secondary N) is 2. The van der Waals surface area contributed by atoms with Crippen LogP contribution >= 0.6 is 23.4 Å². The number of hydrogen-bond acceptors (Lipinski definition) is 4. The van der Waals surface area contributed by atoms with E-state index in [4.69, 9.17) is 11.6 Å². The average molecular weight is 423 g/mol. The molecule has 0 saturated heterocycles. The predicted molar refractivity (Wildman–Crippen MR) is 115 cm³/mol. The molecule has 1 heterocycles. The summed E-state index contributed by atoms with van der Waals surface area (Å²) in [4.78, 5) is 25.1. The highest BCUT2D eigenvalue weighted by Crippen LogP contribution is 2.15. The fourth-order valence-corrected chi connectivity index (χ4v) is 3.54. The minimum absolute atomic E-state index is 0.178. The molecule has 1 aromatic heterocycles. The van der Waals surface area contributed by atoms with Crippen molar-refractivity contribution in [2.75, 3.05) is 18.6 Å². The number of hydrogen-bond donors (Lipinski definition) is 2. The maximum atomic E-state index is 12.6. The molecule has 0 unspecified atom stereocenters. The van der Waals surface area contributed by atoms with E-state index in [9.17, 15) is 9.59 Å². The summed E-state index contributed by atoms with van der Waals surface area (Å²) in [7, 11) is 0. The highest BCUT2D eigenvalue weighted by atomic mass is 35.5. The van der Waals surface area contributed by atoms with Crippen molar-refractivity contribution in [2.45, 2.75) is 39.3 Å². The third-order valence-corrected chi connectivity index (χ3v) is 5.27. The average Bonchev–Trinajstić information content (AvgIpc) is 2.99. The summed E-state index contributed by atoms with van der Waals surface area (Å²) in [5.74, 6) is 0.254. The Morgan fingerprint density at radius 2 is 2.04 bits per heavy atom. The quantitative estimate of drug-likeness (QED) is 0.576. The molecule has 0 aliphatic heterocycles. The van der Waals surface area contributed by atoms with E-state index in [1.165, 1.54) is 0 Å². The molecule has 6 nitrogen and oxygen atoms in total. The van der Waals surface area contributed by atoms with E-state index < -0.39 is 6.04 Å². The monoisotopic (exact) mass is 422 g/mol. The molecule has 28 heavy (non-hydrogen) atoms. The van der Waals surface area contributed by atoms with Crippen molar-refractivity contribution in [1.29, 1.82) is 0 Å². The fraction of sp³-hybridized carbons (Fsp3) is 0.450. The van der Waals surface area contributed by atoms with E-state index in [0.717, 1.165) is 30.1 Å². The van der Waals surface area contributed by atoms with Crippen LogP contribution in [0.2, 0.25) is 5.02 Å². The number of aryl methyl sites for hydroxylation is 3. The first kappa shape index (κ1) is 22.3. The van der Waals surface area contributed by atoms with E-state index in [0.29, 0.717) is 23.6 Å². The van der Waals surface area contributed by atoms with Crippen LogP contribution in [0.1, 0.15) is 34.6 Å². The van der Waals surface area contributed by atoms with Gasteiger partial charge in [0.2, 0.25) is 5.91 Å². The number of benzene rings is 1. The van der Waals surface area contributed by atoms with E-state index in [-0.39, 0.29) is 11.8 Å². The van der Waals surface area contributed by atoms with Crippen LogP contribution in [-0.4, -0.2) is 46.2 Å². The lowest BCUT2D eigenvalue weighted by Gasteiger charge is -2.18. The summed E-state index contributed by atoms with van der Waals surface area (Å²) in [6.07, 6.45) is 3.29. The van der Waals surface area contributed by atoms with Crippen LogP contribution in [0.25, 0.3) is 0 Å². The zero-order chi connectivity index (χ0) is 20.5. The standard InChI is InChI=1S/C20H27ClN4O2S/c1-14-13-15(2)25(24-14)11-6-10-22-20(27)18(9-12-28-3)23-19(26)16-7-4-5-8-17(16)21/h4-5,7-8,13,18H,6,9-12H2,1-3H3,(H,22,27)(H,23,26)/t18-/m0/s1. The molecule has 0 aliphatic carbocycles. The van der Waals surface area contributed by atoms with Crippen LogP contribution in [0.15, 0.2) is 30.3 Å². The first-order valence-electron chi connectivity index (χ1n) is 9.25. The molecule has 0 saturated carbocycles. The molecule has 0 fully saturated rings. The smallest absolute Gasteiger partial charge is 0.253 e. The molecule has 8 heteroatoms.